The molecular formula is C9H14F2. The van der Waals surface area contributed by atoms with E-state index in [2.05, 4.69) is 6.92 Å². The average Bonchev–Trinajstić information content (AvgIpc) is 2.26. The van der Waals surface area contributed by atoms with Crippen molar-refractivity contribution in [3.8, 4) is 0 Å². The summed E-state index contributed by atoms with van der Waals surface area (Å²) < 4.78 is 25.1. The molecule has 0 bridgehead atoms. The number of unbranched alkanes of at least 4 members (excludes halogenated alkanes) is 1. The smallest absolute Gasteiger partial charge is 0.206 e. The van der Waals surface area contributed by atoms with Crippen molar-refractivity contribution < 1.29 is 8.78 Å². The van der Waals surface area contributed by atoms with Gasteiger partial charge in [-0.15, -0.1) is 0 Å². The number of hydrogen-bond donors (Lipinski definition) is 0. The summed E-state index contributed by atoms with van der Waals surface area (Å²) in [7, 11) is 0. The predicted octanol–water partition coefficient (Wildman–Crippen LogP) is 3.53. The molecule has 0 fully saturated rings. The molecule has 0 aromatic carbocycles. The minimum absolute atomic E-state index is 0.00694. The quantitative estimate of drug-likeness (QED) is 0.554. The Bertz CT molecular complexity index is 159. The Hall–Kier alpha value is -0.400. The van der Waals surface area contributed by atoms with Gasteiger partial charge in [-0.2, -0.15) is 0 Å². The SMILES string of the molecule is CCCCC1=CCC(F)(F)C1. The summed E-state index contributed by atoms with van der Waals surface area (Å²) in [6.07, 6.45) is 4.67. The largest absolute Gasteiger partial charge is 0.255 e. The van der Waals surface area contributed by atoms with E-state index in [1.807, 2.05) is 0 Å². The van der Waals surface area contributed by atoms with Gasteiger partial charge in [0.2, 0.25) is 0 Å². The fourth-order valence-electron chi connectivity index (χ4n) is 1.36. The second kappa shape index (κ2) is 3.33. The lowest BCUT2D eigenvalue weighted by Crippen LogP contribution is -2.09. The van der Waals surface area contributed by atoms with Gasteiger partial charge in [-0.1, -0.05) is 25.0 Å². The van der Waals surface area contributed by atoms with Gasteiger partial charge in [0.05, 0.1) is 0 Å². The van der Waals surface area contributed by atoms with Crippen molar-refractivity contribution >= 4 is 0 Å². The maximum atomic E-state index is 12.6. The average molecular weight is 160 g/mol. The lowest BCUT2D eigenvalue weighted by atomic mass is 10.1. The van der Waals surface area contributed by atoms with Gasteiger partial charge in [-0.25, -0.2) is 8.78 Å². The van der Waals surface area contributed by atoms with E-state index >= 15 is 0 Å². The molecule has 0 aliphatic heterocycles. The van der Waals surface area contributed by atoms with Gasteiger partial charge >= 0.3 is 0 Å². The number of halogens is 2. The molecule has 0 unspecified atom stereocenters. The first kappa shape index (κ1) is 8.69. The molecular weight excluding hydrogens is 146 g/mol. The van der Waals surface area contributed by atoms with E-state index in [1.54, 1.807) is 6.08 Å². The topological polar surface area (TPSA) is 0 Å². The molecule has 1 rings (SSSR count). The molecule has 0 saturated carbocycles. The fraction of sp³-hybridized carbons (Fsp3) is 0.778. The number of allylic oxidation sites excluding steroid dienone is 2. The predicted molar refractivity (Wildman–Crippen MR) is 41.8 cm³/mol. The molecule has 1 aliphatic rings. The van der Waals surface area contributed by atoms with Crippen molar-refractivity contribution in [3.63, 3.8) is 0 Å². The third-order valence-corrected chi connectivity index (χ3v) is 2.03. The van der Waals surface area contributed by atoms with Crippen molar-refractivity contribution in [1.29, 1.82) is 0 Å². The van der Waals surface area contributed by atoms with Crippen LogP contribution < -0.4 is 0 Å². The number of alkyl halides is 2. The third kappa shape index (κ3) is 2.60. The zero-order chi connectivity index (χ0) is 8.32. The van der Waals surface area contributed by atoms with Crippen molar-refractivity contribution in [3.05, 3.63) is 11.6 Å². The molecule has 0 spiro atoms. The van der Waals surface area contributed by atoms with Crippen molar-refractivity contribution in [2.45, 2.75) is 45.0 Å². The van der Waals surface area contributed by atoms with Crippen LogP contribution in [0.4, 0.5) is 8.78 Å². The van der Waals surface area contributed by atoms with Gasteiger partial charge in [0, 0.05) is 12.8 Å². The van der Waals surface area contributed by atoms with E-state index in [0.29, 0.717) is 0 Å². The zero-order valence-corrected chi connectivity index (χ0v) is 6.87. The summed E-state index contributed by atoms with van der Waals surface area (Å²) in [4.78, 5) is 0. The molecule has 64 valence electrons. The highest BCUT2D eigenvalue weighted by Gasteiger charge is 2.33. The Balaban J connectivity index is 2.29. The molecule has 0 atom stereocenters. The summed E-state index contributed by atoms with van der Waals surface area (Å²) in [5.74, 6) is -2.43. The second-order valence-corrected chi connectivity index (χ2v) is 3.20. The molecule has 0 heterocycles. The Labute approximate surface area is 66.3 Å². The van der Waals surface area contributed by atoms with Crippen LogP contribution in [0.15, 0.2) is 11.6 Å². The third-order valence-electron chi connectivity index (χ3n) is 2.03. The fourth-order valence-corrected chi connectivity index (χ4v) is 1.36. The van der Waals surface area contributed by atoms with Crippen LogP contribution in [0.2, 0.25) is 0 Å². The lowest BCUT2D eigenvalue weighted by Gasteiger charge is -2.07. The Morgan fingerprint density at radius 2 is 2.27 bits per heavy atom. The van der Waals surface area contributed by atoms with Crippen LogP contribution in [-0.2, 0) is 0 Å². The molecule has 0 nitrogen and oxygen atoms in total. The second-order valence-electron chi connectivity index (χ2n) is 3.20. The molecule has 2 heteroatoms. The molecule has 0 aromatic heterocycles. The molecule has 0 radical (unpaired) electrons. The highest BCUT2D eigenvalue weighted by atomic mass is 19.3. The van der Waals surface area contributed by atoms with E-state index in [9.17, 15) is 8.78 Å². The minimum Gasteiger partial charge on any atom is -0.206 e. The standard InChI is InChI=1S/C9H14F2/c1-2-3-4-8-5-6-9(10,11)7-8/h5H,2-4,6-7H2,1H3. The molecule has 0 saturated heterocycles. The van der Waals surface area contributed by atoms with Crippen molar-refractivity contribution in [2.75, 3.05) is 0 Å². The van der Waals surface area contributed by atoms with E-state index in [4.69, 9.17) is 0 Å². The highest BCUT2D eigenvalue weighted by Crippen LogP contribution is 2.35. The molecule has 0 amide bonds. The van der Waals surface area contributed by atoms with Crippen molar-refractivity contribution in [1.82, 2.24) is 0 Å². The molecule has 0 aromatic rings. The summed E-state index contributed by atoms with van der Waals surface area (Å²) in [5, 5.41) is 0. The van der Waals surface area contributed by atoms with Gasteiger partial charge in [0.25, 0.3) is 5.92 Å². The zero-order valence-electron chi connectivity index (χ0n) is 6.87. The van der Waals surface area contributed by atoms with Gasteiger partial charge in [0.15, 0.2) is 0 Å². The van der Waals surface area contributed by atoms with Crippen molar-refractivity contribution in [2.24, 2.45) is 0 Å². The van der Waals surface area contributed by atoms with Crippen LogP contribution in [0, 0.1) is 0 Å². The Morgan fingerprint density at radius 3 is 2.73 bits per heavy atom. The van der Waals surface area contributed by atoms with Crippen LogP contribution in [-0.4, -0.2) is 5.92 Å². The van der Waals surface area contributed by atoms with E-state index in [0.717, 1.165) is 24.8 Å². The normalized spacial score (nSPS) is 21.9. The van der Waals surface area contributed by atoms with Crippen LogP contribution in [0.1, 0.15) is 39.0 Å². The van der Waals surface area contributed by atoms with Crippen LogP contribution in [0.25, 0.3) is 0 Å². The van der Waals surface area contributed by atoms with E-state index in [1.165, 1.54) is 0 Å². The summed E-state index contributed by atoms with van der Waals surface area (Å²) >= 11 is 0. The monoisotopic (exact) mass is 160 g/mol. The van der Waals surface area contributed by atoms with E-state index in [-0.39, 0.29) is 12.8 Å². The van der Waals surface area contributed by atoms with Gasteiger partial charge < -0.3 is 0 Å². The van der Waals surface area contributed by atoms with Crippen LogP contribution >= 0.6 is 0 Å². The Kier molecular flexibility index (Phi) is 2.63. The minimum atomic E-state index is -2.43. The molecule has 1 aliphatic carbocycles. The van der Waals surface area contributed by atoms with Gasteiger partial charge in [-0.05, 0) is 12.8 Å². The van der Waals surface area contributed by atoms with Gasteiger partial charge in [-0.3, -0.25) is 0 Å². The Morgan fingerprint density at radius 1 is 1.55 bits per heavy atom. The molecule has 0 N–H and O–H groups in total. The first-order valence-corrected chi connectivity index (χ1v) is 4.20. The maximum Gasteiger partial charge on any atom is 0.255 e. The first-order chi connectivity index (χ1) is 5.14. The molecule has 11 heavy (non-hydrogen) atoms. The first-order valence-electron chi connectivity index (χ1n) is 4.20. The summed E-state index contributed by atoms with van der Waals surface area (Å²) in [6, 6.07) is 0. The highest BCUT2D eigenvalue weighted by molar-refractivity contribution is 5.13. The van der Waals surface area contributed by atoms with Gasteiger partial charge in [0.1, 0.15) is 0 Å². The summed E-state index contributed by atoms with van der Waals surface area (Å²) in [6.45, 7) is 2.08. The number of hydrogen-bond acceptors (Lipinski definition) is 0. The van der Waals surface area contributed by atoms with Crippen LogP contribution in [0.3, 0.4) is 0 Å². The summed E-state index contributed by atoms with van der Waals surface area (Å²) in [5.41, 5.74) is 0.955. The van der Waals surface area contributed by atoms with Crippen LogP contribution in [0.5, 0.6) is 0 Å². The van der Waals surface area contributed by atoms with E-state index < -0.39 is 5.92 Å². The maximum absolute atomic E-state index is 12.6. The number of rotatable bonds is 3. The lowest BCUT2D eigenvalue weighted by molar-refractivity contribution is 0.0135.